The van der Waals surface area contributed by atoms with Gasteiger partial charge in [0.05, 0.1) is 18.7 Å². The van der Waals surface area contributed by atoms with Crippen LogP contribution in [-0.2, 0) is 4.79 Å². The molecule has 1 amide bonds. The average Bonchev–Trinajstić information content (AvgIpc) is 2.66. The molecule has 0 aliphatic rings. The topological polar surface area (TPSA) is 97.1 Å². The maximum absolute atomic E-state index is 14.1. The predicted octanol–water partition coefficient (Wildman–Crippen LogP) is 3.32. The standard InChI is InChI=1S/C21H23F3N4O2/c1-14(2)13-18(20(26)29)28(12-9-25)19(21(22,23)24)17-5-3-15(4-6-17)16-7-10-27(30)11-8-16/h3-8,10-11,14,18-19H,12-13H2,1-2H3,(H2,26,29)/t18-,19+/m0/s1. The van der Waals surface area contributed by atoms with E-state index in [9.17, 15) is 23.2 Å². The van der Waals surface area contributed by atoms with Gasteiger partial charge < -0.3 is 10.9 Å². The SMILES string of the molecule is CC(C)C[C@@H](C(N)=O)N(CC#N)[C@H](c1ccc(-c2cc[n+]([O-])cc2)cc1)C(F)(F)F. The molecule has 0 aliphatic carbocycles. The number of alkyl halides is 3. The van der Waals surface area contributed by atoms with Crippen LogP contribution in [-0.4, -0.2) is 29.6 Å². The minimum atomic E-state index is -4.73. The number of carbonyl (C=O) groups is 1. The molecule has 1 aromatic heterocycles. The van der Waals surface area contributed by atoms with Crippen molar-refractivity contribution in [2.75, 3.05) is 6.54 Å². The van der Waals surface area contributed by atoms with Crippen LogP contribution in [0, 0.1) is 22.5 Å². The molecule has 0 radical (unpaired) electrons. The fourth-order valence-corrected chi connectivity index (χ4v) is 3.36. The molecule has 30 heavy (non-hydrogen) atoms. The summed E-state index contributed by atoms with van der Waals surface area (Å²) in [4.78, 5) is 12.8. The molecule has 160 valence electrons. The molecule has 0 spiro atoms. The first-order chi connectivity index (χ1) is 14.0. The fourth-order valence-electron chi connectivity index (χ4n) is 3.36. The van der Waals surface area contributed by atoms with Gasteiger partial charge in [-0.1, -0.05) is 38.1 Å². The average molecular weight is 420 g/mol. The Morgan fingerprint density at radius 2 is 1.70 bits per heavy atom. The summed E-state index contributed by atoms with van der Waals surface area (Å²) in [6.45, 7) is 2.93. The highest BCUT2D eigenvalue weighted by Gasteiger charge is 2.47. The van der Waals surface area contributed by atoms with E-state index in [0.717, 1.165) is 4.90 Å². The van der Waals surface area contributed by atoms with Crippen LogP contribution in [0.3, 0.4) is 0 Å². The van der Waals surface area contributed by atoms with Crippen LogP contribution in [0.15, 0.2) is 48.8 Å². The summed E-state index contributed by atoms with van der Waals surface area (Å²) >= 11 is 0. The third kappa shape index (κ3) is 5.70. The largest absolute Gasteiger partial charge is 0.619 e. The Labute approximate surface area is 172 Å². The zero-order chi connectivity index (χ0) is 22.5. The second-order valence-corrected chi connectivity index (χ2v) is 7.39. The van der Waals surface area contributed by atoms with Gasteiger partial charge >= 0.3 is 6.18 Å². The van der Waals surface area contributed by atoms with E-state index in [1.165, 1.54) is 36.7 Å². The number of nitrogens with two attached hydrogens (primary N) is 1. The number of benzene rings is 1. The third-order valence-corrected chi connectivity index (χ3v) is 4.68. The summed E-state index contributed by atoms with van der Waals surface area (Å²) in [5, 5.41) is 20.3. The van der Waals surface area contributed by atoms with Gasteiger partial charge in [-0.2, -0.15) is 23.2 Å². The lowest BCUT2D eigenvalue weighted by molar-refractivity contribution is -0.605. The molecule has 1 heterocycles. The van der Waals surface area contributed by atoms with Gasteiger partial charge in [0.15, 0.2) is 12.4 Å². The minimum absolute atomic E-state index is 0.0955. The molecular weight excluding hydrogens is 397 g/mol. The van der Waals surface area contributed by atoms with Gasteiger partial charge in [0, 0.05) is 12.1 Å². The van der Waals surface area contributed by atoms with E-state index in [0.29, 0.717) is 15.9 Å². The van der Waals surface area contributed by atoms with Gasteiger partial charge in [0.2, 0.25) is 5.91 Å². The molecule has 2 N–H and O–H groups in total. The van der Waals surface area contributed by atoms with Crippen molar-refractivity contribution in [3.8, 4) is 17.2 Å². The quantitative estimate of drug-likeness (QED) is 0.402. The number of amides is 1. The lowest BCUT2D eigenvalue weighted by atomic mass is 9.95. The van der Waals surface area contributed by atoms with E-state index < -0.39 is 30.7 Å². The molecule has 0 unspecified atom stereocenters. The van der Waals surface area contributed by atoms with Gasteiger partial charge in [-0.05, 0) is 29.0 Å². The number of nitrogens with zero attached hydrogens (tertiary/aromatic N) is 3. The molecule has 0 saturated heterocycles. The second kappa shape index (κ2) is 9.59. The van der Waals surface area contributed by atoms with Crippen molar-refractivity contribution in [1.29, 1.82) is 5.26 Å². The van der Waals surface area contributed by atoms with Crippen molar-refractivity contribution in [1.82, 2.24) is 4.90 Å². The van der Waals surface area contributed by atoms with Crippen molar-refractivity contribution in [3.63, 3.8) is 0 Å². The van der Waals surface area contributed by atoms with E-state index in [1.54, 1.807) is 32.0 Å². The lowest BCUT2D eigenvalue weighted by Gasteiger charge is -2.37. The van der Waals surface area contributed by atoms with E-state index in [4.69, 9.17) is 11.0 Å². The predicted molar refractivity (Wildman–Crippen MR) is 104 cm³/mol. The number of carbonyl (C=O) groups excluding carboxylic acids is 1. The number of primary amides is 1. The minimum Gasteiger partial charge on any atom is -0.619 e. The van der Waals surface area contributed by atoms with Crippen LogP contribution in [0.2, 0.25) is 0 Å². The van der Waals surface area contributed by atoms with Crippen molar-refractivity contribution >= 4 is 5.91 Å². The molecule has 2 rings (SSSR count). The van der Waals surface area contributed by atoms with E-state index in [-0.39, 0.29) is 17.9 Å². The Morgan fingerprint density at radius 3 is 2.13 bits per heavy atom. The number of rotatable bonds is 8. The summed E-state index contributed by atoms with van der Waals surface area (Å²) in [5.41, 5.74) is 6.59. The Bertz CT molecular complexity index is 890. The smallest absolute Gasteiger partial charge is 0.408 e. The maximum Gasteiger partial charge on any atom is 0.408 e. The van der Waals surface area contributed by atoms with E-state index in [1.807, 2.05) is 0 Å². The Morgan fingerprint density at radius 1 is 1.17 bits per heavy atom. The zero-order valence-corrected chi connectivity index (χ0v) is 16.6. The molecule has 9 heteroatoms. The monoisotopic (exact) mass is 420 g/mol. The van der Waals surface area contributed by atoms with Gasteiger partial charge in [-0.3, -0.25) is 9.69 Å². The van der Waals surface area contributed by atoms with Gasteiger partial charge in [-0.25, -0.2) is 0 Å². The highest BCUT2D eigenvalue weighted by atomic mass is 19.4. The molecule has 0 fully saturated rings. The normalized spacial score (nSPS) is 13.8. The first-order valence-corrected chi connectivity index (χ1v) is 9.32. The number of aromatic nitrogens is 1. The Hall–Kier alpha value is -3.12. The third-order valence-electron chi connectivity index (χ3n) is 4.68. The van der Waals surface area contributed by atoms with Crippen LogP contribution in [0.25, 0.3) is 11.1 Å². The van der Waals surface area contributed by atoms with E-state index in [2.05, 4.69) is 0 Å². The Kier molecular flexibility index (Phi) is 7.40. The summed E-state index contributed by atoms with van der Waals surface area (Å²) in [6, 6.07) is 7.06. The van der Waals surface area contributed by atoms with Crippen molar-refractivity contribution in [3.05, 3.63) is 59.6 Å². The maximum atomic E-state index is 14.1. The second-order valence-electron chi connectivity index (χ2n) is 7.39. The molecule has 0 bridgehead atoms. The number of pyridine rings is 1. The van der Waals surface area contributed by atoms with E-state index >= 15 is 0 Å². The van der Waals surface area contributed by atoms with Crippen LogP contribution in [0.1, 0.15) is 31.9 Å². The summed E-state index contributed by atoms with van der Waals surface area (Å²) in [5.74, 6) is -0.998. The molecule has 0 saturated carbocycles. The molecule has 0 aliphatic heterocycles. The molecule has 2 aromatic rings. The number of halogens is 3. The van der Waals surface area contributed by atoms with Crippen LogP contribution in [0.4, 0.5) is 13.2 Å². The Balaban J connectivity index is 2.48. The summed E-state index contributed by atoms with van der Waals surface area (Å²) in [6.07, 6.45) is -2.05. The summed E-state index contributed by atoms with van der Waals surface area (Å²) in [7, 11) is 0. The van der Waals surface area contributed by atoms with Crippen LogP contribution < -0.4 is 10.5 Å². The number of nitriles is 1. The number of hydrogen-bond donors (Lipinski definition) is 1. The highest BCUT2D eigenvalue weighted by molar-refractivity contribution is 5.80. The van der Waals surface area contributed by atoms with Crippen LogP contribution >= 0.6 is 0 Å². The molecule has 2 atom stereocenters. The van der Waals surface area contributed by atoms with Gasteiger partial charge in [0.1, 0.15) is 6.04 Å². The molecular formula is C21H23F3N4O2. The highest BCUT2D eigenvalue weighted by Crippen LogP contribution is 2.40. The van der Waals surface area contributed by atoms with Crippen molar-refractivity contribution in [2.45, 2.75) is 38.5 Å². The van der Waals surface area contributed by atoms with Gasteiger partial charge in [-0.15, -0.1) is 0 Å². The number of hydrogen-bond acceptors (Lipinski definition) is 4. The first kappa shape index (κ1) is 23.2. The fraction of sp³-hybridized carbons (Fsp3) is 0.381. The van der Waals surface area contributed by atoms with Crippen molar-refractivity contribution < 1.29 is 22.7 Å². The zero-order valence-electron chi connectivity index (χ0n) is 16.6. The summed E-state index contributed by atoms with van der Waals surface area (Å²) < 4.78 is 42.8. The molecule has 1 aromatic carbocycles. The molecule has 6 nitrogen and oxygen atoms in total. The van der Waals surface area contributed by atoms with Crippen molar-refractivity contribution in [2.24, 2.45) is 11.7 Å². The lowest BCUT2D eigenvalue weighted by Crippen LogP contribution is -2.51. The van der Waals surface area contributed by atoms with Crippen LogP contribution in [0.5, 0.6) is 0 Å². The van der Waals surface area contributed by atoms with Gasteiger partial charge in [0.25, 0.3) is 0 Å². The first-order valence-electron chi connectivity index (χ1n) is 9.32.